The van der Waals surface area contributed by atoms with Gasteiger partial charge in [-0.05, 0) is 31.2 Å². The van der Waals surface area contributed by atoms with Gasteiger partial charge in [0.25, 0.3) is 5.91 Å². The molecule has 0 saturated carbocycles. The maximum atomic E-state index is 11.8. The molecule has 0 aliphatic rings. The minimum absolute atomic E-state index is 0.00651. The first kappa shape index (κ1) is 11.9. The second kappa shape index (κ2) is 5.03. The predicted molar refractivity (Wildman–Crippen MR) is 60.4 cm³/mol. The van der Waals surface area contributed by atoms with Gasteiger partial charge in [0.2, 0.25) is 0 Å². The number of phenols is 1. The van der Waals surface area contributed by atoms with E-state index in [0.29, 0.717) is 11.4 Å². The molecule has 0 aromatic heterocycles. The van der Waals surface area contributed by atoms with Crippen LogP contribution >= 0.6 is 11.6 Å². The van der Waals surface area contributed by atoms with Crippen LogP contribution in [0.15, 0.2) is 24.3 Å². The van der Waals surface area contributed by atoms with Gasteiger partial charge >= 0.3 is 0 Å². The molecule has 3 nitrogen and oxygen atoms in total. The summed E-state index contributed by atoms with van der Waals surface area (Å²) in [7, 11) is 1.71. The molecule has 0 aliphatic carbocycles. The molecule has 1 atom stereocenters. The Labute approximate surface area is 94.3 Å². The van der Waals surface area contributed by atoms with Crippen LogP contribution in [0.4, 0.5) is 0 Å². The molecule has 0 bridgehead atoms. The highest BCUT2D eigenvalue weighted by atomic mass is 35.5. The van der Waals surface area contributed by atoms with Gasteiger partial charge in [-0.1, -0.05) is 0 Å². The molecule has 0 heterocycles. The van der Waals surface area contributed by atoms with E-state index < -0.39 is 0 Å². The van der Waals surface area contributed by atoms with Gasteiger partial charge in [-0.2, -0.15) is 0 Å². The number of alkyl halides is 1. The van der Waals surface area contributed by atoms with Crippen molar-refractivity contribution in [1.82, 2.24) is 4.90 Å². The van der Waals surface area contributed by atoms with Crippen LogP contribution in [0.1, 0.15) is 17.3 Å². The maximum absolute atomic E-state index is 11.8. The van der Waals surface area contributed by atoms with E-state index >= 15 is 0 Å². The van der Waals surface area contributed by atoms with Crippen LogP contribution in [0.5, 0.6) is 5.75 Å². The summed E-state index contributed by atoms with van der Waals surface area (Å²) >= 11 is 5.67. The average Bonchev–Trinajstić information content (AvgIpc) is 2.27. The highest BCUT2D eigenvalue weighted by Gasteiger charge is 2.16. The maximum Gasteiger partial charge on any atom is 0.253 e. The van der Waals surface area contributed by atoms with E-state index in [2.05, 4.69) is 0 Å². The number of aromatic hydroxyl groups is 1. The van der Waals surface area contributed by atoms with Gasteiger partial charge in [0.15, 0.2) is 0 Å². The summed E-state index contributed by atoms with van der Waals surface area (Å²) in [5.41, 5.74) is 0.548. The molecule has 0 aliphatic heterocycles. The van der Waals surface area contributed by atoms with E-state index in [1.807, 2.05) is 6.92 Å². The largest absolute Gasteiger partial charge is 0.508 e. The Morgan fingerprint density at radius 1 is 1.47 bits per heavy atom. The quantitative estimate of drug-likeness (QED) is 0.804. The van der Waals surface area contributed by atoms with Crippen LogP contribution < -0.4 is 0 Å². The number of benzene rings is 1. The fourth-order valence-electron chi connectivity index (χ4n) is 1.11. The third-order valence-corrected chi connectivity index (χ3v) is 2.77. The summed E-state index contributed by atoms with van der Waals surface area (Å²) in [4.78, 5) is 13.4. The first-order valence-corrected chi connectivity index (χ1v) is 5.22. The fourth-order valence-corrected chi connectivity index (χ4v) is 1.32. The van der Waals surface area contributed by atoms with Gasteiger partial charge in [-0.15, -0.1) is 11.6 Å². The Hall–Kier alpha value is -1.22. The Morgan fingerprint density at radius 2 is 2.00 bits per heavy atom. The van der Waals surface area contributed by atoms with Crippen molar-refractivity contribution >= 4 is 17.5 Å². The van der Waals surface area contributed by atoms with Crippen LogP contribution in [0.3, 0.4) is 0 Å². The van der Waals surface area contributed by atoms with Crippen LogP contribution in [0.2, 0.25) is 0 Å². The van der Waals surface area contributed by atoms with Crippen LogP contribution in [0.25, 0.3) is 0 Å². The van der Waals surface area contributed by atoms with Gasteiger partial charge in [0.05, 0.1) is 0 Å². The molecule has 0 radical (unpaired) electrons. The van der Waals surface area contributed by atoms with Crippen LogP contribution in [-0.4, -0.2) is 34.9 Å². The molecule has 1 rings (SSSR count). The Morgan fingerprint density at radius 3 is 2.47 bits per heavy atom. The van der Waals surface area contributed by atoms with E-state index in [-0.39, 0.29) is 17.7 Å². The van der Waals surface area contributed by atoms with Gasteiger partial charge in [-0.3, -0.25) is 4.79 Å². The smallest absolute Gasteiger partial charge is 0.253 e. The van der Waals surface area contributed by atoms with Crippen molar-refractivity contribution in [3.05, 3.63) is 29.8 Å². The molecule has 1 amide bonds. The normalized spacial score (nSPS) is 12.2. The lowest BCUT2D eigenvalue weighted by Crippen LogP contribution is -2.36. The number of phenolic OH excluding ortho intramolecular Hbond substituents is 1. The number of nitrogens with zero attached hydrogens (tertiary/aromatic N) is 1. The Bertz CT molecular complexity index is 337. The number of hydrogen-bond donors (Lipinski definition) is 1. The molecule has 15 heavy (non-hydrogen) atoms. The van der Waals surface area contributed by atoms with E-state index in [0.717, 1.165) is 0 Å². The summed E-state index contributed by atoms with van der Waals surface area (Å²) in [6.45, 7) is 1.88. The zero-order valence-corrected chi connectivity index (χ0v) is 9.53. The first-order valence-electron chi connectivity index (χ1n) is 4.68. The SMILES string of the molecule is CC(CCl)N(C)C(=O)c1ccc(O)cc1. The van der Waals surface area contributed by atoms with E-state index in [9.17, 15) is 4.79 Å². The van der Waals surface area contributed by atoms with Gasteiger partial charge in [0, 0.05) is 24.5 Å². The molecule has 1 unspecified atom stereocenters. The van der Waals surface area contributed by atoms with Crippen molar-refractivity contribution < 1.29 is 9.90 Å². The number of hydrogen-bond acceptors (Lipinski definition) is 2. The number of carbonyl (C=O) groups excluding carboxylic acids is 1. The van der Waals surface area contributed by atoms with Gasteiger partial charge in [0.1, 0.15) is 5.75 Å². The van der Waals surface area contributed by atoms with E-state index in [1.54, 1.807) is 24.1 Å². The predicted octanol–water partition coefficient (Wildman–Crippen LogP) is 2.09. The second-order valence-electron chi connectivity index (χ2n) is 3.47. The lowest BCUT2D eigenvalue weighted by Gasteiger charge is -2.23. The summed E-state index contributed by atoms with van der Waals surface area (Å²) in [6.07, 6.45) is 0. The standard InChI is InChI=1S/C11H14ClNO2/c1-8(7-12)13(2)11(15)9-3-5-10(14)6-4-9/h3-6,8,14H,7H2,1-2H3. The molecule has 4 heteroatoms. The molecule has 0 fully saturated rings. The minimum atomic E-state index is -0.0943. The third-order valence-electron chi connectivity index (χ3n) is 2.32. The van der Waals surface area contributed by atoms with Crippen molar-refractivity contribution in [2.24, 2.45) is 0 Å². The molecule has 0 saturated heterocycles. The minimum Gasteiger partial charge on any atom is -0.508 e. The van der Waals surface area contributed by atoms with E-state index in [1.165, 1.54) is 12.1 Å². The van der Waals surface area contributed by atoms with Crippen LogP contribution in [0, 0.1) is 0 Å². The van der Waals surface area contributed by atoms with E-state index in [4.69, 9.17) is 16.7 Å². The topological polar surface area (TPSA) is 40.5 Å². The zero-order chi connectivity index (χ0) is 11.4. The highest BCUT2D eigenvalue weighted by Crippen LogP contribution is 2.12. The van der Waals surface area contributed by atoms with Gasteiger partial charge < -0.3 is 10.0 Å². The number of amides is 1. The molecule has 0 spiro atoms. The molecule has 1 N–H and O–H groups in total. The number of halogens is 1. The second-order valence-corrected chi connectivity index (χ2v) is 3.77. The third kappa shape index (κ3) is 2.86. The Balaban J connectivity index is 2.80. The lowest BCUT2D eigenvalue weighted by atomic mass is 10.2. The summed E-state index contributed by atoms with van der Waals surface area (Å²) in [5.74, 6) is 0.461. The first-order chi connectivity index (χ1) is 7.06. The molecule has 82 valence electrons. The highest BCUT2D eigenvalue weighted by molar-refractivity contribution is 6.18. The monoisotopic (exact) mass is 227 g/mol. The molecular weight excluding hydrogens is 214 g/mol. The van der Waals surface area contributed by atoms with Crippen molar-refractivity contribution in [2.45, 2.75) is 13.0 Å². The number of carbonyl (C=O) groups is 1. The summed E-state index contributed by atoms with van der Waals surface area (Å²) < 4.78 is 0. The summed E-state index contributed by atoms with van der Waals surface area (Å²) in [6, 6.07) is 6.16. The van der Waals surface area contributed by atoms with Crippen molar-refractivity contribution in [2.75, 3.05) is 12.9 Å². The molecular formula is C11H14ClNO2. The number of rotatable bonds is 3. The van der Waals surface area contributed by atoms with Crippen molar-refractivity contribution in [1.29, 1.82) is 0 Å². The Kier molecular flexibility index (Phi) is 3.97. The molecule has 1 aromatic carbocycles. The van der Waals surface area contributed by atoms with Crippen molar-refractivity contribution in [3.8, 4) is 5.75 Å². The summed E-state index contributed by atoms with van der Waals surface area (Å²) in [5, 5.41) is 9.09. The van der Waals surface area contributed by atoms with Crippen molar-refractivity contribution in [3.63, 3.8) is 0 Å². The zero-order valence-electron chi connectivity index (χ0n) is 8.77. The average molecular weight is 228 g/mol. The lowest BCUT2D eigenvalue weighted by molar-refractivity contribution is 0.0756. The van der Waals surface area contributed by atoms with Gasteiger partial charge in [-0.25, -0.2) is 0 Å². The fraction of sp³-hybridized carbons (Fsp3) is 0.364. The van der Waals surface area contributed by atoms with Crippen LogP contribution in [-0.2, 0) is 0 Å². The molecule has 1 aromatic rings.